The van der Waals surface area contributed by atoms with Gasteiger partial charge in [-0.2, -0.15) is 0 Å². The summed E-state index contributed by atoms with van der Waals surface area (Å²) in [5.41, 5.74) is 10.9. The summed E-state index contributed by atoms with van der Waals surface area (Å²) in [6.45, 7) is 4.73. The number of hydrogen-bond donors (Lipinski definition) is 0. The average molecular weight is 593 g/mol. The van der Waals surface area contributed by atoms with Crippen molar-refractivity contribution in [2.75, 3.05) is 0 Å². The van der Waals surface area contributed by atoms with E-state index in [4.69, 9.17) is 15.0 Å². The highest BCUT2D eigenvalue weighted by molar-refractivity contribution is 6.14. The van der Waals surface area contributed by atoms with Crippen LogP contribution in [0.1, 0.15) is 43.1 Å². The molecular weight excluding hydrogens is 560 g/mol. The standard InChI is InChI=1S/C42H32N4/c1-42(2)34-19-11-9-17-31(34)32-25-26-36-37(38(32)42)33-18-10-12-20-35(33)46(36)30-23-21-29(22-24-30)41-44-39(27-13-5-3-6-14-27)43-40(45-41)28-15-7-4-8-16-28/h3-15,17-26,28H,16H2,1-2H3. The van der Waals surface area contributed by atoms with Gasteiger partial charge in [-0.25, -0.2) is 15.0 Å². The second-order valence-electron chi connectivity index (χ2n) is 12.8. The fourth-order valence-corrected chi connectivity index (χ4v) is 7.55. The topological polar surface area (TPSA) is 43.6 Å². The van der Waals surface area contributed by atoms with Gasteiger partial charge in [0.1, 0.15) is 5.82 Å². The van der Waals surface area contributed by atoms with E-state index in [1.54, 1.807) is 0 Å². The van der Waals surface area contributed by atoms with Crippen molar-refractivity contribution < 1.29 is 0 Å². The molecule has 2 aromatic heterocycles. The molecule has 0 saturated heterocycles. The molecule has 46 heavy (non-hydrogen) atoms. The lowest BCUT2D eigenvalue weighted by Gasteiger charge is -2.22. The Morgan fingerprint density at radius 1 is 0.630 bits per heavy atom. The van der Waals surface area contributed by atoms with Crippen LogP contribution in [0.25, 0.3) is 61.4 Å². The molecule has 0 spiro atoms. The van der Waals surface area contributed by atoms with E-state index >= 15 is 0 Å². The van der Waals surface area contributed by atoms with E-state index in [1.165, 1.54) is 44.1 Å². The number of aromatic nitrogens is 4. The van der Waals surface area contributed by atoms with Crippen LogP contribution in [0.4, 0.5) is 0 Å². The molecule has 0 N–H and O–H groups in total. The average Bonchev–Trinajstić information content (AvgIpc) is 3.57. The van der Waals surface area contributed by atoms with Crippen LogP contribution in [0.15, 0.2) is 140 Å². The molecule has 1 unspecified atom stereocenters. The number of allylic oxidation sites excluding steroid dienone is 4. The van der Waals surface area contributed by atoms with Crippen molar-refractivity contribution in [1.29, 1.82) is 0 Å². The van der Waals surface area contributed by atoms with E-state index in [2.05, 4.69) is 140 Å². The minimum absolute atomic E-state index is 0.0968. The third kappa shape index (κ3) is 4.03. The zero-order chi connectivity index (χ0) is 30.8. The Morgan fingerprint density at radius 2 is 1.35 bits per heavy atom. The zero-order valence-corrected chi connectivity index (χ0v) is 25.9. The molecular formula is C42H32N4. The van der Waals surface area contributed by atoms with Gasteiger partial charge in [0.15, 0.2) is 11.6 Å². The number of rotatable bonds is 4. The second-order valence-corrected chi connectivity index (χ2v) is 12.8. The Bertz CT molecular complexity index is 2360. The van der Waals surface area contributed by atoms with E-state index in [9.17, 15) is 0 Å². The fraction of sp³-hybridized carbons (Fsp3) is 0.119. The number of hydrogen-bond acceptors (Lipinski definition) is 3. The number of nitrogens with zero attached hydrogens (tertiary/aromatic N) is 4. The molecule has 1 atom stereocenters. The minimum atomic E-state index is -0.0968. The molecule has 0 amide bonds. The highest BCUT2D eigenvalue weighted by Crippen LogP contribution is 2.53. The summed E-state index contributed by atoms with van der Waals surface area (Å²) in [6, 6.07) is 41.2. The van der Waals surface area contributed by atoms with E-state index in [0.29, 0.717) is 11.6 Å². The molecule has 220 valence electrons. The van der Waals surface area contributed by atoms with Gasteiger partial charge in [0, 0.05) is 38.9 Å². The van der Waals surface area contributed by atoms with Crippen LogP contribution in [-0.2, 0) is 5.41 Å². The Morgan fingerprint density at radius 3 is 2.13 bits per heavy atom. The van der Waals surface area contributed by atoms with E-state index < -0.39 is 0 Å². The number of para-hydroxylation sites is 1. The Kier molecular flexibility index (Phi) is 5.94. The third-order valence-corrected chi connectivity index (χ3v) is 9.73. The minimum Gasteiger partial charge on any atom is -0.309 e. The smallest absolute Gasteiger partial charge is 0.163 e. The monoisotopic (exact) mass is 592 g/mol. The molecule has 0 fully saturated rings. The summed E-state index contributed by atoms with van der Waals surface area (Å²) >= 11 is 0. The number of benzene rings is 5. The van der Waals surface area contributed by atoms with Gasteiger partial charge in [-0.15, -0.1) is 0 Å². The third-order valence-electron chi connectivity index (χ3n) is 9.73. The van der Waals surface area contributed by atoms with Gasteiger partial charge in [0.2, 0.25) is 0 Å². The first-order valence-corrected chi connectivity index (χ1v) is 16.0. The van der Waals surface area contributed by atoms with Gasteiger partial charge in [-0.05, 0) is 65.1 Å². The molecule has 2 aliphatic rings. The van der Waals surface area contributed by atoms with Crippen LogP contribution in [-0.4, -0.2) is 19.5 Å². The Hall–Kier alpha value is -5.61. The van der Waals surface area contributed by atoms with Crippen molar-refractivity contribution >= 4 is 21.8 Å². The highest BCUT2D eigenvalue weighted by Gasteiger charge is 2.38. The Balaban J connectivity index is 1.19. The molecule has 5 aromatic carbocycles. The quantitative estimate of drug-likeness (QED) is 0.204. The predicted molar refractivity (Wildman–Crippen MR) is 188 cm³/mol. The maximum atomic E-state index is 5.01. The van der Waals surface area contributed by atoms with E-state index in [-0.39, 0.29) is 11.3 Å². The molecule has 2 aliphatic carbocycles. The van der Waals surface area contributed by atoms with E-state index in [0.717, 1.165) is 29.1 Å². The van der Waals surface area contributed by atoms with Gasteiger partial charge in [-0.1, -0.05) is 117 Å². The fourth-order valence-electron chi connectivity index (χ4n) is 7.55. The normalized spacial score (nSPS) is 16.2. The molecule has 4 heteroatoms. The molecule has 0 aliphatic heterocycles. The molecule has 9 rings (SSSR count). The molecule has 4 nitrogen and oxygen atoms in total. The SMILES string of the molecule is CC1(C)c2ccccc2-c2ccc3c(c21)c1ccccc1n3-c1ccc(-c2nc(-c3ccccc3)nc(C3C=CC=CC3)n2)cc1. The van der Waals surface area contributed by atoms with Crippen LogP contribution >= 0.6 is 0 Å². The van der Waals surface area contributed by atoms with E-state index in [1.807, 2.05) is 18.2 Å². The summed E-state index contributed by atoms with van der Waals surface area (Å²) < 4.78 is 2.40. The summed E-state index contributed by atoms with van der Waals surface area (Å²) in [5, 5.41) is 2.62. The van der Waals surface area contributed by atoms with Crippen molar-refractivity contribution in [2.45, 2.75) is 31.6 Å². The zero-order valence-electron chi connectivity index (χ0n) is 25.9. The maximum Gasteiger partial charge on any atom is 0.163 e. The van der Waals surface area contributed by atoms with Gasteiger partial charge in [0.05, 0.1) is 11.0 Å². The predicted octanol–water partition coefficient (Wildman–Crippen LogP) is 10.2. The second kappa shape index (κ2) is 10.2. The molecule has 0 radical (unpaired) electrons. The molecule has 2 heterocycles. The summed E-state index contributed by atoms with van der Waals surface area (Å²) in [7, 11) is 0. The van der Waals surface area contributed by atoms with Crippen LogP contribution in [0, 0.1) is 0 Å². The van der Waals surface area contributed by atoms with Crippen molar-refractivity contribution in [3.8, 4) is 39.6 Å². The first-order valence-electron chi connectivity index (χ1n) is 16.0. The van der Waals surface area contributed by atoms with Crippen LogP contribution in [0.5, 0.6) is 0 Å². The van der Waals surface area contributed by atoms with Crippen molar-refractivity contribution in [3.63, 3.8) is 0 Å². The van der Waals surface area contributed by atoms with Crippen LogP contribution in [0.3, 0.4) is 0 Å². The number of fused-ring (bicyclic) bond motifs is 7. The van der Waals surface area contributed by atoms with Gasteiger partial charge >= 0.3 is 0 Å². The lowest BCUT2D eigenvalue weighted by atomic mass is 9.80. The molecule has 7 aromatic rings. The van der Waals surface area contributed by atoms with Crippen molar-refractivity contribution in [2.24, 2.45) is 0 Å². The van der Waals surface area contributed by atoms with Gasteiger partial charge in [-0.3, -0.25) is 0 Å². The first kappa shape index (κ1) is 26.8. The highest BCUT2D eigenvalue weighted by atomic mass is 15.0. The van der Waals surface area contributed by atoms with Crippen molar-refractivity contribution in [3.05, 3.63) is 157 Å². The van der Waals surface area contributed by atoms with Gasteiger partial charge < -0.3 is 4.57 Å². The maximum absolute atomic E-state index is 5.01. The summed E-state index contributed by atoms with van der Waals surface area (Å²) in [6.07, 6.45) is 9.39. The molecule has 0 bridgehead atoms. The first-order chi connectivity index (χ1) is 22.6. The van der Waals surface area contributed by atoms with Crippen molar-refractivity contribution in [1.82, 2.24) is 19.5 Å². The van der Waals surface area contributed by atoms with Gasteiger partial charge in [0.25, 0.3) is 0 Å². The molecule has 0 saturated carbocycles. The lowest BCUT2D eigenvalue weighted by Crippen LogP contribution is -2.15. The van der Waals surface area contributed by atoms with Crippen LogP contribution < -0.4 is 0 Å². The lowest BCUT2D eigenvalue weighted by molar-refractivity contribution is 0.666. The summed E-state index contributed by atoms with van der Waals surface area (Å²) in [4.78, 5) is 14.9. The Labute approximate surface area is 268 Å². The van der Waals surface area contributed by atoms with Crippen LogP contribution in [0.2, 0.25) is 0 Å². The summed E-state index contributed by atoms with van der Waals surface area (Å²) in [5.74, 6) is 2.32. The largest absolute Gasteiger partial charge is 0.309 e.